The Labute approximate surface area is 109 Å². The average molecular weight is 253 g/mol. The monoisotopic (exact) mass is 253 g/mol. The predicted octanol–water partition coefficient (Wildman–Crippen LogP) is 2.49. The van der Waals surface area contributed by atoms with Gasteiger partial charge < -0.3 is 9.47 Å². The van der Waals surface area contributed by atoms with Crippen molar-refractivity contribution in [2.75, 3.05) is 19.8 Å². The molecule has 1 aliphatic carbocycles. The third kappa shape index (κ3) is 3.49. The van der Waals surface area contributed by atoms with E-state index >= 15 is 0 Å². The lowest BCUT2D eigenvalue weighted by molar-refractivity contribution is 0.243. The van der Waals surface area contributed by atoms with Gasteiger partial charge in [0.15, 0.2) is 0 Å². The van der Waals surface area contributed by atoms with E-state index in [1.807, 2.05) is 30.5 Å². The maximum absolute atomic E-state index is 4.07. The lowest BCUT2D eigenvalue weighted by Crippen LogP contribution is -2.37. The van der Waals surface area contributed by atoms with E-state index in [9.17, 15) is 0 Å². The van der Waals surface area contributed by atoms with Crippen LogP contribution in [0.1, 0.15) is 25.7 Å². The number of imidazole rings is 1. The number of aryl methyl sites for hydroxylation is 1. The van der Waals surface area contributed by atoms with Gasteiger partial charge in [-0.05, 0) is 39.1 Å². The first-order valence-electron chi connectivity index (χ1n) is 6.50. The Morgan fingerprint density at radius 2 is 2.35 bits per heavy atom. The van der Waals surface area contributed by atoms with E-state index < -0.39 is 0 Å². The van der Waals surface area contributed by atoms with Crippen molar-refractivity contribution in [2.24, 2.45) is 0 Å². The van der Waals surface area contributed by atoms with Gasteiger partial charge in [-0.1, -0.05) is 6.42 Å². The molecule has 96 valence electrons. The molecule has 1 fully saturated rings. The summed E-state index contributed by atoms with van der Waals surface area (Å²) in [5.74, 6) is 0. The highest BCUT2D eigenvalue weighted by Crippen LogP contribution is 2.31. The smallest absolute Gasteiger partial charge is 0.0945 e. The number of aromatic nitrogens is 2. The zero-order chi connectivity index (χ0) is 12.1. The van der Waals surface area contributed by atoms with Gasteiger partial charge in [-0.2, -0.15) is 11.8 Å². The van der Waals surface area contributed by atoms with Crippen LogP contribution in [0.3, 0.4) is 0 Å². The lowest BCUT2D eigenvalue weighted by atomic mass is 10.2. The molecule has 1 aromatic heterocycles. The Bertz CT molecular complexity index is 312. The normalized spacial score (nSPS) is 24.6. The van der Waals surface area contributed by atoms with Crippen LogP contribution in [0, 0.1) is 0 Å². The SMILES string of the molecule is CS[C@H]1CCC[C@@H]1N(C)CCCn1ccnc1. The highest BCUT2D eigenvalue weighted by Gasteiger charge is 2.29. The Hall–Kier alpha value is -0.480. The summed E-state index contributed by atoms with van der Waals surface area (Å²) < 4.78 is 2.16. The molecule has 0 N–H and O–H groups in total. The Kier molecular flexibility index (Phi) is 4.92. The molecule has 0 spiro atoms. The molecule has 1 aromatic rings. The molecule has 1 saturated carbocycles. The maximum Gasteiger partial charge on any atom is 0.0945 e. The van der Waals surface area contributed by atoms with Gasteiger partial charge in [0, 0.05) is 30.2 Å². The minimum Gasteiger partial charge on any atom is -0.337 e. The summed E-state index contributed by atoms with van der Waals surface area (Å²) in [6.07, 6.45) is 13.4. The van der Waals surface area contributed by atoms with Gasteiger partial charge in [0.1, 0.15) is 0 Å². The molecule has 1 aliphatic rings. The Morgan fingerprint density at radius 1 is 1.47 bits per heavy atom. The van der Waals surface area contributed by atoms with Crippen molar-refractivity contribution in [2.45, 2.75) is 43.5 Å². The fourth-order valence-electron chi connectivity index (χ4n) is 2.77. The highest BCUT2D eigenvalue weighted by atomic mass is 32.2. The summed E-state index contributed by atoms with van der Waals surface area (Å²) in [4.78, 5) is 6.63. The minimum absolute atomic E-state index is 0.799. The van der Waals surface area contributed by atoms with E-state index in [-0.39, 0.29) is 0 Å². The Morgan fingerprint density at radius 3 is 3.06 bits per heavy atom. The molecule has 0 radical (unpaired) electrons. The first-order valence-corrected chi connectivity index (χ1v) is 7.79. The molecule has 4 heteroatoms. The summed E-state index contributed by atoms with van der Waals surface area (Å²) >= 11 is 2.04. The van der Waals surface area contributed by atoms with Crippen LogP contribution in [0.25, 0.3) is 0 Å². The molecule has 1 heterocycles. The maximum atomic E-state index is 4.07. The summed E-state index contributed by atoms with van der Waals surface area (Å²) in [6, 6.07) is 0.799. The Balaban J connectivity index is 1.71. The van der Waals surface area contributed by atoms with Crippen molar-refractivity contribution in [1.29, 1.82) is 0 Å². The molecule has 17 heavy (non-hydrogen) atoms. The number of nitrogens with zero attached hydrogens (tertiary/aromatic N) is 3. The topological polar surface area (TPSA) is 21.1 Å². The van der Waals surface area contributed by atoms with Crippen molar-refractivity contribution in [1.82, 2.24) is 14.5 Å². The van der Waals surface area contributed by atoms with Crippen molar-refractivity contribution in [3.63, 3.8) is 0 Å². The molecule has 0 amide bonds. The summed E-state index contributed by atoms with van der Waals surface area (Å²) in [5, 5.41) is 0.855. The zero-order valence-corrected chi connectivity index (χ0v) is 11.7. The fraction of sp³-hybridized carbons (Fsp3) is 0.769. The molecule has 0 aromatic carbocycles. The van der Waals surface area contributed by atoms with E-state index in [2.05, 4.69) is 27.8 Å². The summed E-state index contributed by atoms with van der Waals surface area (Å²) in [6.45, 7) is 2.28. The van der Waals surface area contributed by atoms with Crippen LogP contribution in [0.5, 0.6) is 0 Å². The van der Waals surface area contributed by atoms with Gasteiger partial charge in [-0.25, -0.2) is 4.98 Å². The first-order chi connectivity index (χ1) is 8.31. The zero-order valence-electron chi connectivity index (χ0n) is 10.9. The van der Waals surface area contributed by atoms with E-state index in [4.69, 9.17) is 0 Å². The van der Waals surface area contributed by atoms with Gasteiger partial charge in [-0.15, -0.1) is 0 Å². The molecule has 0 unspecified atom stereocenters. The third-order valence-electron chi connectivity index (χ3n) is 3.77. The van der Waals surface area contributed by atoms with Gasteiger partial charge in [-0.3, -0.25) is 0 Å². The van der Waals surface area contributed by atoms with Gasteiger partial charge in [0.25, 0.3) is 0 Å². The quantitative estimate of drug-likeness (QED) is 0.777. The van der Waals surface area contributed by atoms with Crippen LogP contribution in [0.4, 0.5) is 0 Å². The molecular formula is C13H23N3S. The van der Waals surface area contributed by atoms with Crippen molar-refractivity contribution in [3.05, 3.63) is 18.7 Å². The van der Waals surface area contributed by atoms with E-state index in [0.29, 0.717) is 0 Å². The van der Waals surface area contributed by atoms with Crippen molar-refractivity contribution < 1.29 is 0 Å². The van der Waals surface area contributed by atoms with Crippen LogP contribution in [0.2, 0.25) is 0 Å². The molecule has 2 rings (SSSR count). The van der Waals surface area contributed by atoms with Crippen LogP contribution in [-0.4, -0.2) is 45.6 Å². The second kappa shape index (κ2) is 6.45. The largest absolute Gasteiger partial charge is 0.337 e. The first kappa shape index (κ1) is 13.0. The average Bonchev–Trinajstić information content (AvgIpc) is 2.99. The standard InChI is InChI=1S/C13H23N3S/c1-15(12-5-3-6-13(12)17-2)8-4-9-16-10-7-14-11-16/h7,10-13H,3-6,8-9H2,1-2H3/t12-,13-/m0/s1. The fourth-order valence-corrected chi connectivity index (χ4v) is 3.83. The second-order valence-corrected chi connectivity index (χ2v) is 5.98. The highest BCUT2D eigenvalue weighted by molar-refractivity contribution is 7.99. The number of hydrogen-bond acceptors (Lipinski definition) is 3. The molecule has 2 atom stereocenters. The van der Waals surface area contributed by atoms with Crippen molar-refractivity contribution in [3.8, 4) is 0 Å². The molecule has 0 aliphatic heterocycles. The molecular weight excluding hydrogens is 230 g/mol. The van der Waals surface area contributed by atoms with E-state index in [1.54, 1.807) is 0 Å². The third-order valence-corrected chi connectivity index (χ3v) is 4.93. The lowest BCUT2D eigenvalue weighted by Gasteiger charge is -2.28. The number of thioether (sulfide) groups is 1. The number of hydrogen-bond donors (Lipinski definition) is 0. The van der Waals surface area contributed by atoms with Crippen LogP contribution in [-0.2, 0) is 6.54 Å². The van der Waals surface area contributed by atoms with E-state index in [0.717, 1.165) is 17.8 Å². The van der Waals surface area contributed by atoms with Crippen LogP contribution < -0.4 is 0 Å². The van der Waals surface area contributed by atoms with Crippen LogP contribution >= 0.6 is 11.8 Å². The van der Waals surface area contributed by atoms with E-state index in [1.165, 1.54) is 32.2 Å². The van der Waals surface area contributed by atoms with Gasteiger partial charge >= 0.3 is 0 Å². The molecule has 3 nitrogen and oxygen atoms in total. The molecule has 0 bridgehead atoms. The number of rotatable bonds is 6. The summed E-state index contributed by atoms with van der Waals surface area (Å²) in [5.41, 5.74) is 0. The van der Waals surface area contributed by atoms with Crippen molar-refractivity contribution >= 4 is 11.8 Å². The van der Waals surface area contributed by atoms with Crippen LogP contribution in [0.15, 0.2) is 18.7 Å². The predicted molar refractivity (Wildman–Crippen MR) is 74.4 cm³/mol. The molecule has 0 saturated heterocycles. The minimum atomic E-state index is 0.799. The summed E-state index contributed by atoms with van der Waals surface area (Å²) in [7, 11) is 2.28. The van der Waals surface area contributed by atoms with Gasteiger partial charge in [0.05, 0.1) is 6.33 Å². The second-order valence-electron chi connectivity index (χ2n) is 4.91. The van der Waals surface area contributed by atoms with Gasteiger partial charge in [0.2, 0.25) is 0 Å².